The lowest BCUT2D eigenvalue weighted by Gasteiger charge is -2.09. The van der Waals surface area contributed by atoms with Gasteiger partial charge in [-0.2, -0.15) is 0 Å². The minimum absolute atomic E-state index is 0.0757. The van der Waals surface area contributed by atoms with E-state index in [1.807, 2.05) is 0 Å². The molecule has 0 aliphatic heterocycles. The molecule has 2 unspecified atom stereocenters. The molecule has 1 amide bonds. The Balaban J connectivity index is 3.22. The molecule has 0 radical (unpaired) electrons. The first kappa shape index (κ1) is 23.6. The normalized spacial score (nSPS) is 12.1. The lowest BCUT2D eigenvalue weighted by atomic mass is 10.0. The third-order valence-electron chi connectivity index (χ3n) is 4.55. The first-order valence-electron chi connectivity index (χ1n) is 10.1. The van der Waals surface area contributed by atoms with Crippen molar-refractivity contribution >= 4 is 20.9 Å². The molecule has 24 heavy (non-hydrogen) atoms. The van der Waals surface area contributed by atoms with Gasteiger partial charge in [0.15, 0.2) is 0 Å². The van der Waals surface area contributed by atoms with Gasteiger partial charge in [0, 0.05) is 18.6 Å². The summed E-state index contributed by atoms with van der Waals surface area (Å²) in [6, 6.07) is 0. The van der Waals surface area contributed by atoms with Crippen LogP contribution in [0.2, 0.25) is 0 Å². The second-order valence-electron chi connectivity index (χ2n) is 7.01. The van der Waals surface area contributed by atoms with Crippen molar-refractivity contribution in [3.05, 3.63) is 0 Å². The lowest BCUT2D eigenvalue weighted by molar-refractivity contribution is -0.121. The topological polar surface area (TPSA) is 46.2 Å². The first-order chi connectivity index (χ1) is 11.6. The van der Waals surface area contributed by atoms with Gasteiger partial charge >= 0.3 is 0 Å². The van der Waals surface area contributed by atoms with Crippen LogP contribution in [0.4, 0.5) is 0 Å². The second-order valence-corrected chi connectivity index (χ2v) is 7.82. The largest absolute Gasteiger partial charge is 0.355 e. The Hall–Kier alpha value is -0.430. The van der Waals surface area contributed by atoms with E-state index in [1.54, 1.807) is 6.92 Å². The van der Waals surface area contributed by atoms with E-state index in [0.717, 1.165) is 12.8 Å². The van der Waals surface area contributed by atoms with Crippen molar-refractivity contribution in [1.82, 2.24) is 5.32 Å². The van der Waals surface area contributed by atoms with Crippen molar-refractivity contribution in [3.63, 3.8) is 0 Å². The van der Waals surface area contributed by atoms with Crippen molar-refractivity contribution in [3.8, 4) is 0 Å². The van der Waals surface area contributed by atoms with E-state index < -0.39 is 0 Å². The fourth-order valence-corrected chi connectivity index (χ4v) is 2.88. The minimum atomic E-state index is -0.152. The highest BCUT2D eigenvalue weighted by molar-refractivity contribution is 7.19. The van der Waals surface area contributed by atoms with Crippen LogP contribution in [0.5, 0.6) is 0 Å². The summed E-state index contributed by atoms with van der Waals surface area (Å²) < 4.78 is 0. The number of rotatable bonds is 17. The van der Waals surface area contributed by atoms with Crippen LogP contribution in [0.25, 0.3) is 0 Å². The zero-order valence-corrected chi connectivity index (χ0v) is 17.2. The smallest absolute Gasteiger partial charge is 0.220 e. The quantitative estimate of drug-likeness (QED) is 0.279. The fourth-order valence-electron chi connectivity index (χ4n) is 2.76. The fraction of sp³-hybridized carbons (Fsp3) is 0.900. The van der Waals surface area contributed by atoms with Crippen molar-refractivity contribution in [2.75, 3.05) is 6.54 Å². The predicted octanol–water partition coefficient (Wildman–Crippen LogP) is 5.42. The van der Waals surface area contributed by atoms with Gasteiger partial charge in [-0.25, -0.2) is 0 Å². The average molecular weight is 358 g/mol. The number of carbonyl (C=O) groups is 2. The Labute approximate surface area is 152 Å². The number of carbonyl (C=O) groups excluding carboxylic acids is 2. The molecule has 0 aromatic carbocycles. The summed E-state index contributed by atoms with van der Waals surface area (Å²) in [5.41, 5.74) is -0.152. The van der Waals surface area contributed by atoms with Crippen LogP contribution in [0.15, 0.2) is 0 Å². The Bertz CT molecular complexity index is 321. The number of unbranched alkanes of at least 4 members (excludes halogenated alkanes) is 12. The zero-order chi connectivity index (χ0) is 18.0. The van der Waals surface area contributed by atoms with E-state index in [4.69, 9.17) is 0 Å². The van der Waals surface area contributed by atoms with E-state index in [9.17, 15) is 9.59 Å². The van der Waals surface area contributed by atoms with Gasteiger partial charge in [0.1, 0.15) is 5.78 Å². The molecule has 0 aliphatic rings. The van der Waals surface area contributed by atoms with E-state index in [0.29, 0.717) is 13.0 Å². The van der Waals surface area contributed by atoms with Gasteiger partial charge in [0.25, 0.3) is 0 Å². The highest BCUT2D eigenvalue weighted by Gasteiger charge is 2.09. The third-order valence-corrected chi connectivity index (χ3v) is 5.25. The van der Waals surface area contributed by atoms with Gasteiger partial charge in [0.05, 0.1) is 0 Å². The summed E-state index contributed by atoms with van der Waals surface area (Å²) in [6.45, 7) is 4.26. The standard InChI is InChI=1S/C20H40NO2P/c1-3-4-5-6-7-8-9-10-11-12-13-14-15-16-20(23)21-17-19(24)18(2)22/h19H,3-17,24H2,1-2H3,(H,21,23). The third kappa shape index (κ3) is 16.4. The van der Waals surface area contributed by atoms with Gasteiger partial charge in [-0.05, 0) is 13.3 Å². The molecule has 0 fully saturated rings. The molecule has 0 saturated carbocycles. The van der Waals surface area contributed by atoms with Gasteiger partial charge in [-0.15, -0.1) is 9.24 Å². The van der Waals surface area contributed by atoms with Crippen molar-refractivity contribution in [1.29, 1.82) is 0 Å². The number of hydrogen-bond donors (Lipinski definition) is 1. The second kappa shape index (κ2) is 17.4. The summed E-state index contributed by atoms with van der Waals surface area (Å²) in [6.07, 6.45) is 17.7. The van der Waals surface area contributed by atoms with Crippen LogP contribution in [-0.4, -0.2) is 23.9 Å². The Morgan fingerprint density at radius 1 is 0.792 bits per heavy atom. The maximum Gasteiger partial charge on any atom is 0.220 e. The van der Waals surface area contributed by atoms with Crippen LogP contribution >= 0.6 is 9.24 Å². The van der Waals surface area contributed by atoms with Crippen LogP contribution in [-0.2, 0) is 9.59 Å². The van der Waals surface area contributed by atoms with E-state index in [2.05, 4.69) is 21.5 Å². The number of ketones is 1. The number of nitrogens with one attached hydrogen (secondary N) is 1. The molecule has 0 bridgehead atoms. The van der Waals surface area contributed by atoms with Crippen molar-refractivity contribution in [2.45, 2.75) is 109 Å². The molecule has 1 N–H and O–H groups in total. The van der Waals surface area contributed by atoms with Gasteiger partial charge in [-0.1, -0.05) is 84.0 Å². The Kier molecular flexibility index (Phi) is 17.1. The summed E-state index contributed by atoms with van der Waals surface area (Å²) in [5.74, 6) is 0.174. The van der Waals surface area contributed by atoms with Crippen LogP contribution in [0.1, 0.15) is 104 Å². The molecule has 0 aromatic rings. The van der Waals surface area contributed by atoms with E-state index >= 15 is 0 Å². The van der Waals surface area contributed by atoms with Crippen LogP contribution < -0.4 is 5.32 Å². The molecule has 0 spiro atoms. The number of amides is 1. The molecular formula is C20H40NO2P. The number of Topliss-reactive ketones (excluding diaryl/α,β-unsaturated/α-hetero) is 1. The number of hydrogen-bond acceptors (Lipinski definition) is 2. The Morgan fingerprint density at radius 2 is 1.21 bits per heavy atom. The molecule has 0 rings (SSSR count). The maximum absolute atomic E-state index is 11.6. The predicted molar refractivity (Wildman–Crippen MR) is 108 cm³/mol. The molecule has 0 heterocycles. The van der Waals surface area contributed by atoms with E-state index in [-0.39, 0.29) is 17.3 Å². The lowest BCUT2D eigenvalue weighted by Crippen LogP contribution is -2.32. The van der Waals surface area contributed by atoms with E-state index in [1.165, 1.54) is 70.6 Å². The molecule has 2 atom stereocenters. The summed E-state index contributed by atoms with van der Waals surface area (Å²) >= 11 is 0. The van der Waals surface area contributed by atoms with Gasteiger partial charge in [0.2, 0.25) is 5.91 Å². The summed E-state index contributed by atoms with van der Waals surface area (Å²) in [5, 5.41) is 2.83. The van der Waals surface area contributed by atoms with Crippen molar-refractivity contribution in [2.24, 2.45) is 0 Å². The molecule has 4 heteroatoms. The molecule has 3 nitrogen and oxygen atoms in total. The zero-order valence-electron chi connectivity index (χ0n) is 16.1. The van der Waals surface area contributed by atoms with Crippen LogP contribution in [0, 0.1) is 0 Å². The average Bonchev–Trinajstić information content (AvgIpc) is 2.56. The van der Waals surface area contributed by atoms with Crippen molar-refractivity contribution < 1.29 is 9.59 Å². The minimum Gasteiger partial charge on any atom is -0.355 e. The summed E-state index contributed by atoms with van der Waals surface area (Å²) in [7, 11) is 2.47. The highest BCUT2D eigenvalue weighted by atomic mass is 31.0. The maximum atomic E-state index is 11.6. The molecule has 142 valence electrons. The molecule has 0 aliphatic carbocycles. The highest BCUT2D eigenvalue weighted by Crippen LogP contribution is 2.12. The molecule has 0 aromatic heterocycles. The van der Waals surface area contributed by atoms with Crippen LogP contribution in [0.3, 0.4) is 0 Å². The monoisotopic (exact) mass is 357 g/mol. The molecular weight excluding hydrogens is 317 g/mol. The first-order valence-corrected chi connectivity index (χ1v) is 10.8. The SMILES string of the molecule is CCCCCCCCCCCCCCCC(=O)NCC(P)C(C)=O. The Morgan fingerprint density at radius 3 is 1.62 bits per heavy atom. The van der Waals surface area contributed by atoms with Gasteiger partial charge < -0.3 is 5.32 Å². The summed E-state index contributed by atoms with van der Waals surface area (Å²) in [4.78, 5) is 22.7. The molecule has 0 saturated heterocycles. The van der Waals surface area contributed by atoms with Gasteiger partial charge in [-0.3, -0.25) is 9.59 Å².